The summed E-state index contributed by atoms with van der Waals surface area (Å²) in [6, 6.07) is 14.1. The van der Waals surface area contributed by atoms with E-state index in [0.29, 0.717) is 17.8 Å². The highest BCUT2D eigenvalue weighted by Crippen LogP contribution is 2.26. The van der Waals surface area contributed by atoms with Gasteiger partial charge in [0.2, 0.25) is 5.91 Å². The second kappa shape index (κ2) is 13.4. The summed E-state index contributed by atoms with van der Waals surface area (Å²) in [5.41, 5.74) is 1.39. The number of carbonyl (C=O) groups excluding carboxylic acids is 1. The van der Waals surface area contributed by atoms with Crippen molar-refractivity contribution in [3.05, 3.63) is 63.9 Å². The van der Waals surface area contributed by atoms with E-state index in [0.717, 1.165) is 43.4 Å². The SMILES string of the molecule is C[C@@H](CCCCCc1ccccc1)[C@H](O)CC[C@H]1CCC(=O)N1CC=Cc1ccc(C(=O)O)s1. The summed E-state index contributed by atoms with van der Waals surface area (Å²) in [4.78, 5) is 26.5. The molecular weight excluding hydrogens is 446 g/mol. The summed E-state index contributed by atoms with van der Waals surface area (Å²) in [6.45, 7) is 2.66. The Kier molecular flexibility index (Phi) is 10.4. The Hall–Kier alpha value is -2.44. The van der Waals surface area contributed by atoms with E-state index in [4.69, 9.17) is 5.11 Å². The van der Waals surface area contributed by atoms with E-state index < -0.39 is 5.97 Å². The number of nitrogens with zero attached hydrogens (tertiary/aromatic N) is 1. The van der Waals surface area contributed by atoms with E-state index in [2.05, 4.69) is 31.2 Å². The molecule has 3 atom stereocenters. The fraction of sp³-hybridized carbons (Fsp3) is 0.500. The molecule has 1 aromatic heterocycles. The van der Waals surface area contributed by atoms with Gasteiger partial charge in [0.15, 0.2) is 0 Å². The van der Waals surface area contributed by atoms with Crippen molar-refractivity contribution in [1.29, 1.82) is 0 Å². The minimum absolute atomic E-state index is 0.160. The molecule has 1 aliphatic heterocycles. The van der Waals surface area contributed by atoms with Crippen LogP contribution in [0.5, 0.6) is 0 Å². The third-order valence-corrected chi connectivity index (χ3v) is 7.83. The summed E-state index contributed by atoms with van der Waals surface area (Å²) < 4.78 is 0. The van der Waals surface area contributed by atoms with E-state index >= 15 is 0 Å². The summed E-state index contributed by atoms with van der Waals surface area (Å²) >= 11 is 1.23. The predicted octanol–water partition coefficient (Wildman–Crippen LogP) is 6.03. The van der Waals surface area contributed by atoms with E-state index in [1.165, 1.54) is 29.7 Å². The lowest BCUT2D eigenvalue weighted by atomic mass is 9.92. The van der Waals surface area contributed by atoms with E-state index in [1.54, 1.807) is 12.1 Å². The topological polar surface area (TPSA) is 77.8 Å². The number of benzene rings is 1. The van der Waals surface area contributed by atoms with Crippen molar-refractivity contribution in [3.63, 3.8) is 0 Å². The molecule has 0 unspecified atom stereocenters. The Labute approximate surface area is 207 Å². The number of aliphatic hydroxyl groups is 1. The maximum atomic E-state index is 12.4. The number of aliphatic hydroxyl groups excluding tert-OH is 1. The van der Waals surface area contributed by atoms with Crippen LogP contribution >= 0.6 is 11.3 Å². The Balaban J connectivity index is 1.35. The average molecular weight is 484 g/mol. The number of likely N-dealkylation sites (tertiary alicyclic amines) is 1. The third-order valence-electron chi connectivity index (χ3n) is 6.79. The number of aromatic carboxylic acids is 1. The van der Waals surface area contributed by atoms with Crippen LogP contribution in [0.25, 0.3) is 6.08 Å². The van der Waals surface area contributed by atoms with Crippen LogP contribution in [-0.2, 0) is 11.2 Å². The number of carboxylic acid groups (broad SMARTS) is 1. The fourth-order valence-corrected chi connectivity index (χ4v) is 5.42. The van der Waals surface area contributed by atoms with Gasteiger partial charge in [-0.3, -0.25) is 4.79 Å². The summed E-state index contributed by atoms with van der Waals surface area (Å²) in [6.07, 6.45) is 12.1. The molecule has 1 saturated heterocycles. The molecule has 0 saturated carbocycles. The molecular formula is C28H37NO4S. The zero-order valence-electron chi connectivity index (χ0n) is 20.1. The normalized spacial score (nSPS) is 18.0. The van der Waals surface area contributed by atoms with Gasteiger partial charge in [-0.1, -0.05) is 56.2 Å². The molecule has 0 aliphatic carbocycles. The number of unbranched alkanes of at least 4 members (excludes halogenated alkanes) is 2. The number of amides is 1. The van der Waals surface area contributed by atoms with Crippen LogP contribution in [0, 0.1) is 5.92 Å². The first kappa shape index (κ1) is 26.2. The molecule has 1 aliphatic rings. The standard InChI is InChI=1S/C28H37NO4S/c1-21(9-4-2-5-10-22-11-6-3-7-12-22)25(30)17-14-23-15-19-27(31)29(23)20-8-13-24-16-18-26(34-24)28(32)33/h3,6-8,11-13,16,18,21,23,25,30H,2,4-5,9-10,14-15,17,19-20H2,1H3,(H,32,33)/t21-,23-,25+/m0/s1. The molecule has 34 heavy (non-hydrogen) atoms. The smallest absolute Gasteiger partial charge is 0.345 e. The fourth-order valence-electron chi connectivity index (χ4n) is 4.64. The zero-order chi connectivity index (χ0) is 24.3. The molecule has 0 bridgehead atoms. The number of carbonyl (C=O) groups is 2. The number of hydrogen-bond donors (Lipinski definition) is 2. The highest BCUT2D eigenvalue weighted by atomic mass is 32.1. The van der Waals surface area contributed by atoms with Crippen molar-refractivity contribution in [3.8, 4) is 0 Å². The molecule has 184 valence electrons. The number of rotatable bonds is 14. The molecule has 0 spiro atoms. The van der Waals surface area contributed by atoms with Crippen LogP contribution in [0.1, 0.15) is 78.4 Å². The third kappa shape index (κ3) is 8.10. The van der Waals surface area contributed by atoms with Crippen molar-refractivity contribution < 1.29 is 19.8 Å². The number of hydrogen-bond acceptors (Lipinski definition) is 4. The second-order valence-electron chi connectivity index (χ2n) is 9.36. The molecule has 2 heterocycles. The van der Waals surface area contributed by atoms with Crippen LogP contribution in [0.15, 0.2) is 48.5 Å². The maximum Gasteiger partial charge on any atom is 0.345 e. The Bertz CT molecular complexity index is 939. The van der Waals surface area contributed by atoms with Crippen molar-refractivity contribution in [2.75, 3.05) is 6.54 Å². The van der Waals surface area contributed by atoms with Gasteiger partial charge in [0.05, 0.1) is 6.10 Å². The van der Waals surface area contributed by atoms with Gasteiger partial charge in [-0.2, -0.15) is 0 Å². The van der Waals surface area contributed by atoms with Gasteiger partial charge in [-0.25, -0.2) is 4.79 Å². The number of aryl methyl sites for hydroxylation is 1. The summed E-state index contributed by atoms with van der Waals surface area (Å²) in [7, 11) is 0. The Morgan fingerprint density at radius 1 is 1.15 bits per heavy atom. The molecule has 6 heteroatoms. The van der Waals surface area contributed by atoms with E-state index in [9.17, 15) is 14.7 Å². The van der Waals surface area contributed by atoms with Gasteiger partial charge in [0.1, 0.15) is 4.88 Å². The summed E-state index contributed by atoms with van der Waals surface area (Å²) in [5, 5.41) is 19.7. The lowest BCUT2D eigenvalue weighted by Crippen LogP contribution is -2.34. The number of carboxylic acids is 1. The highest BCUT2D eigenvalue weighted by Gasteiger charge is 2.30. The lowest BCUT2D eigenvalue weighted by molar-refractivity contribution is -0.128. The van der Waals surface area contributed by atoms with Crippen LogP contribution in [0.3, 0.4) is 0 Å². The zero-order valence-corrected chi connectivity index (χ0v) is 20.9. The minimum atomic E-state index is -0.917. The van der Waals surface area contributed by atoms with E-state index in [1.807, 2.05) is 23.1 Å². The van der Waals surface area contributed by atoms with Crippen LogP contribution in [-0.4, -0.2) is 45.7 Å². The quantitative estimate of drug-likeness (QED) is 0.322. The van der Waals surface area contributed by atoms with E-state index in [-0.39, 0.29) is 24.0 Å². The highest BCUT2D eigenvalue weighted by molar-refractivity contribution is 7.14. The molecule has 1 fully saturated rings. The molecule has 2 aromatic rings. The summed E-state index contributed by atoms with van der Waals surface area (Å²) in [5.74, 6) is -0.489. The predicted molar refractivity (Wildman–Crippen MR) is 138 cm³/mol. The van der Waals surface area contributed by atoms with Crippen molar-refractivity contribution in [1.82, 2.24) is 4.90 Å². The number of thiophene rings is 1. The van der Waals surface area contributed by atoms with Gasteiger partial charge >= 0.3 is 5.97 Å². The van der Waals surface area contributed by atoms with Crippen LogP contribution in [0.2, 0.25) is 0 Å². The van der Waals surface area contributed by atoms with Gasteiger partial charge < -0.3 is 15.1 Å². The Morgan fingerprint density at radius 3 is 2.68 bits per heavy atom. The van der Waals surface area contributed by atoms with Gasteiger partial charge in [0, 0.05) is 23.9 Å². The van der Waals surface area contributed by atoms with Crippen LogP contribution < -0.4 is 0 Å². The van der Waals surface area contributed by atoms with Gasteiger partial charge in [-0.05, 0) is 68.2 Å². The minimum Gasteiger partial charge on any atom is -0.477 e. The molecule has 1 aromatic carbocycles. The van der Waals surface area contributed by atoms with Crippen molar-refractivity contribution >= 4 is 29.3 Å². The molecule has 5 nitrogen and oxygen atoms in total. The molecule has 1 amide bonds. The molecule has 0 radical (unpaired) electrons. The molecule has 2 N–H and O–H groups in total. The monoisotopic (exact) mass is 483 g/mol. The average Bonchev–Trinajstić information content (AvgIpc) is 3.45. The Morgan fingerprint density at radius 2 is 1.94 bits per heavy atom. The maximum absolute atomic E-state index is 12.4. The second-order valence-corrected chi connectivity index (χ2v) is 10.5. The lowest BCUT2D eigenvalue weighted by Gasteiger charge is -2.26. The first-order valence-electron chi connectivity index (χ1n) is 12.4. The van der Waals surface area contributed by atoms with Crippen LogP contribution in [0.4, 0.5) is 0 Å². The first-order valence-corrected chi connectivity index (χ1v) is 13.3. The van der Waals surface area contributed by atoms with Crippen molar-refractivity contribution in [2.24, 2.45) is 5.92 Å². The largest absolute Gasteiger partial charge is 0.477 e. The van der Waals surface area contributed by atoms with Gasteiger partial charge in [0.25, 0.3) is 0 Å². The first-order chi connectivity index (χ1) is 16.4. The van der Waals surface area contributed by atoms with Crippen molar-refractivity contribution in [2.45, 2.75) is 76.9 Å². The molecule has 3 rings (SSSR count). The van der Waals surface area contributed by atoms with Gasteiger partial charge in [-0.15, -0.1) is 11.3 Å².